The number of hydrogen-bond donors (Lipinski definition) is 3. The van der Waals surface area contributed by atoms with Gasteiger partial charge in [0, 0.05) is 57.7 Å². The van der Waals surface area contributed by atoms with Gasteiger partial charge in [-0.15, -0.1) is 0 Å². The van der Waals surface area contributed by atoms with Gasteiger partial charge in [0.05, 0.1) is 28.7 Å². The topological polar surface area (TPSA) is 115 Å². The van der Waals surface area contributed by atoms with E-state index in [1.165, 1.54) is 0 Å². The lowest BCUT2D eigenvalue weighted by Crippen LogP contribution is -2.42. The molecule has 2 aliphatic rings. The summed E-state index contributed by atoms with van der Waals surface area (Å²) < 4.78 is 5.43. The van der Waals surface area contributed by atoms with Crippen molar-refractivity contribution in [2.45, 2.75) is 50.6 Å². The molecule has 2 fully saturated rings. The third kappa shape index (κ3) is 7.31. The number of amides is 1. The Morgan fingerprint density at radius 2 is 1.92 bits per heavy atom. The van der Waals surface area contributed by atoms with Crippen molar-refractivity contribution < 1.29 is 9.53 Å². The fourth-order valence-corrected chi connectivity index (χ4v) is 4.99. The number of nitriles is 1. The number of pyridine rings is 2. The van der Waals surface area contributed by atoms with E-state index in [2.05, 4.69) is 27.0 Å². The molecule has 198 valence electrons. The molecule has 0 spiro atoms. The predicted octanol–water partition coefficient (Wildman–Crippen LogP) is 3.93. The fourth-order valence-electron chi connectivity index (χ4n) is 4.79. The highest BCUT2D eigenvalue weighted by atomic mass is 35.5. The summed E-state index contributed by atoms with van der Waals surface area (Å²) in [6.07, 6.45) is 7.09. The van der Waals surface area contributed by atoms with E-state index in [1.807, 2.05) is 24.3 Å². The summed E-state index contributed by atoms with van der Waals surface area (Å²) in [6.45, 7) is 2.13. The first-order valence-electron chi connectivity index (χ1n) is 12.9. The van der Waals surface area contributed by atoms with E-state index >= 15 is 0 Å². The number of carbonyl (C=O) groups is 1. The molecule has 37 heavy (non-hydrogen) atoms. The zero-order valence-electron chi connectivity index (χ0n) is 21.6. The van der Waals surface area contributed by atoms with Crippen molar-refractivity contribution in [2.24, 2.45) is 5.41 Å². The standard InChI is InChI=1S/C27H36ClN7O2/c1-35(2)26(36)16-30-19-6-8-20(9-7-19)33-25-14-21(22(28)15-31-25)23-4-3-5-24(34-23)32-18-27(17-29)10-12-37-13-11-27/h3-5,14-15,19-20,30H,6-13,16,18H2,1-2H3,(H,31,33)(H,32,34)/t19-,20-. The van der Waals surface area contributed by atoms with Gasteiger partial charge in [0.1, 0.15) is 11.6 Å². The van der Waals surface area contributed by atoms with E-state index < -0.39 is 5.41 Å². The number of nitrogens with one attached hydrogen (secondary N) is 3. The average molecular weight is 526 g/mol. The average Bonchev–Trinajstić information content (AvgIpc) is 2.93. The maximum atomic E-state index is 11.8. The Labute approximate surface area is 224 Å². The van der Waals surface area contributed by atoms with Gasteiger partial charge in [-0.2, -0.15) is 5.26 Å². The number of aromatic nitrogens is 2. The summed E-state index contributed by atoms with van der Waals surface area (Å²) in [5.41, 5.74) is 1.12. The van der Waals surface area contributed by atoms with Crippen LogP contribution in [-0.2, 0) is 9.53 Å². The van der Waals surface area contributed by atoms with Gasteiger partial charge in [-0.1, -0.05) is 17.7 Å². The van der Waals surface area contributed by atoms with Gasteiger partial charge in [0.15, 0.2) is 0 Å². The van der Waals surface area contributed by atoms with Crippen molar-refractivity contribution in [3.05, 3.63) is 35.5 Å². The van der Waals surface area contributed by atoms with Crippen molar-refractivity contribution >= 4 is 29.1 Å². The van der Waals surface area contributed by atoms with E-state index in [0.717, 1.165) is 42.8 Å². The van der Waals surface area contributed by atoms with Crippen LogP contribution in [0.25, 0.3) is 11.3 Å². The molecule has 2 aromatic heterocycles. The molecule has 0 radical (unpaired) electrons. The maximum Gasteiger partial charge on any atom is 0.236 e. The Morgan fingerprint density at radius 1 is 1.19 bits per heavy atom. The van der Waals surface area contributed by atoms with Crippen LogP contribution in [0, 0.1) is 16.7 Å². The molecule has 0 bridgehead atoms. The summed E-state index contributed by atoms with van der Waals surface area (Å²) in [6, 6.07) is 10.9. The van der Waals surface area contributed by atoms with Gasteiger partial charge < -0.3 is 25.6 Å². The lowest BCUT2D eigenvalue weighted by molar-refractivity contribution is -0.127. The van der Waals surface area contributed by atoms with Crippen molar-refractivity contribution in [3.8, 4) is 17.3 Å². The lowest BCUT2D eigenvalue weighted by atomic mass is 9.82. The second-order valence-corrected chi connectivity index (χ2v) is 10.6. The van der Waals surface area contributed by atoms with Crippen LogP contribution in [0.4, 0.5) is 11.6 Å². The van der Waals surface area contributed by atoms with Gasteiger partial charge in [0.2, 0.25) is 5.91 Å². The minimum Gasteiger partial charge on any atom is -0.381 e. The third-order valence-corrected chi connectivity index (χ3v) is 7.60. The fraction of sp³-hybridized carbons (Fsp3) is 0.556. The molecular formula is C27H36ClN7O2. The summed E-state index contributed by atoms with van der Waals surface area (Å²) in [4.78, 5) is 22.7. The van der Waals surface area contributed by atoms with Gasteiger partial charge in [-0.25, -0.2) is 9.97 Å². The number of likely N-dealkylation sites (N-methyl/N-ethyl adjacent to an activating group) is 1. The smallest absolute Gasteiger partial charge is 0.236 e. The van der Waals surface area contributed by atoms with Crippen LogP contribution in [0.3, 0.4) is 0 Å². The van der Waals surface area contributed by atoms with E-state index in [9.17, 15) is 10.1 Å². The Balaban J connectivity index is 1.35. The second-order valence-electron chi connectivity index (χ2n) is 10.2. The number of ether oxygens (including phenoxy) is 1. The number of rotatable bonds is 9. The third-order valence-electron chi connectivity index (χ3n) is 7.30. The largest absolute Gasteiger partial charge is 0.381 e. The first-order valence-corrected chi connectivity index (χ1v) is 13.3. The number of nitrogens with zero attached hydrogens (tertiary/aromatic N) is 4. The van der Waals surface area contributed by atoms with E-state index in [1.54, 1.807) is 25.2 Å². The zero-order chi connectivity index (χ0) is 26.3. The van der Waals surface area contributed by atoms with E-state index in [-0.39, 0.29) is 5.91 Å². The molecule has 1 aliphatic heterocycles. The van der Waals surface area contributed by atoms with Crippen molar-refractivity contribution in [2.75, 3.05) is 51.0 Å². The Kier molecular flexibility index (Phi) is 9.19. The quantitative estimate of drug-likeness (QED) is 0.451. The van der Waals surface area contributed by atoms with Gasteiger partial charge in [-0.3, -0.25) is 4.79 Å². The Hall–Kier alpha value is -2.93. The minimum absolute atomic E-state index is 0.0965. The van der Waals surface area contributed by atoms with Crippen LogP contribution < -0.4 is 16.0 Å². The molecule has 0 atom stereocenters. The van der Waals surface area contributed by atoms with Crippen molar-refractivity contribution in [1.82, 2.24) is 20.2 Å². The van der Waals surface area contributed by atoms with Crippen LogP contribution in [0.5, 0.6) is 0 Å². The molecule has 3 N–H and O–H groups in total. The Morgan fingerprint density at radius 3 is 2.62 bits per heavy atom. The van der Waals surface area contributed by atoms with Crippen LogP contribution in [0.1, 0.15) is 38.5 Å². The monoisotopic (exact) mass is 525 g/mol. The number of hydrogen-bond acceptors (Lipinski definition) is 8. The van der Waals surface area contributed by atoms with Gasteiger partial charge in [0.25, 0.3) is 0 Å². The van der Waals surface area contributed by atoms with Crippen LogP contribution in [0.2, 0.25) is 5.02 Å². The van der Waals surface area contributed by atoms with Gasteiger partial charge in [-0.05, 0) is 56.7 Å². The summed E-state index contributed by atoms with van der Waals surface area (Å²) in [7, 11) is 3.55. The summed E-state index contributed by atoms with van der Waals surface area (Å²) >= 11 is 6.52. The molecule has 3 heterocycles. The zero-order valence-corrected chi connectivity index (χ0v) is 22.4. The van der Waals surface area contributed by atoms with Crippen LogP contribution >= 0.6 is 11.6 Å². The van der Waals surface area contributed by atoms with Crippen molar-refractivity contribution in [1.29, 1.82) is 5.26 Å². The minimum atomic E-state index is -0.433. The molecule has 9 nitrogen and oxygen atoms in total. The van der Waals surface area contributed by atoms with Gasteiger partial charge >= 0.3 is 0 Å². The second kappa shape index (κ2) is 12.5. The molecule has 0 unspecified atom stereocenters. The number of anilines is 2. The van der Waals surface area contributed by atoms with Crippen molar-refractivity contribution in [3.63, 3.8) is 0 Å². The predicted molar refractivity (Wildman–Crippen MR) is 145 cm³/mol. The highest BCUT2D eigenvalue weighted by Gasteiger charge is 2.32. The highest BCUT2D eigenvalue weighted by molar-refractivity contribution is 6.33. The first-order chi connectivity index (χ1) is 17.9. The van der Waals surface area contributed by atoms with E-state index in [4.69, 9.17) is 21.3 Å². The molecule has 10 heteroatoms. The first kappa shape index (κ1) is 27.1. The molecule has 1 amide bonds. The normalized spacial score (nSPS) is 21.0. The Bertz CT molecular complexity index is 1110. The molecule has 0 aromatic carbocycles. The van der Waals surface area contributed by atoms with Crippen LogP contribution in [-0.4, -0.2) is 73.3 Å². The van der Waals surface area contributed by atoms with E-state index in [0.29, 0.717) is 62.1 Å². The number of halogens is 1. The molecule has 1 saturated carbocycles. The molecular weight excluding hydrogens is 490 g/mol. The number of carbonyl (C=O) groups excluding carboxylic acids is 1. The lowest BCUT2D eigenvalue weighted by Gasteiger charge is -2.30. The summed E-state index contributed by atoms with van der Waals surface area (Å²) in [5, 5.41) is 20.5. The maximum absolute atomic E-state index is 11.8. The molecule has 1 saturated heterocycles. The summed E-state index contributed by atoms with van der Waals surface area (Å²) in [5.74, 6) is 1.57. The van der Waals surface area contributed by atoms with Crippen LogP contribution in [0.15, 0.2) is 30.5 Å². The highest BCUT2D eigenvalue weighted by Crippen LogP contribution is 2.32. The molecule has 2 aromatic rings. The molecule has 4 rings (SSSR count). The SMILES string of the molecule is CN(C)C(=O)CN[C@H]1CC[C@H](Nc2cc(-c3cccc(NCC4(C#N)CCOCC4)n3)c(Cl)cn2)CC1. The molecule has 1 aliphatic carbocycles.